The first-order valence-corrected chi connectivity index (χ1v) is 8.38. The molecule has 2 amide bonds. The molecule has 2 N–H and O–H groups in total. The van der Waals surface area contributed by atoms with Crippen molar-refractivity contribution in [1.29, 1.82) is 0 Å². The fourth-order valence-corrected chi connectivity index (χ4v) is 2.10. The minimum atomic E-state index is -1.21. The molecule has 9 heteroatoms. The molecular weight excluding hydrogens is 368 g/mol. The summed E-state index contributed by atoms with van der Waals surface area (Å²) in [5.74, 6) is -1.93. The summed E-state index contributed by atoms with van der Waals surface area (Å²) in [5, 5.41) is 4.83. The van der Waals surface area contributed by atoms with Gasteiger partial charge in [-0.1, -0.05) is 12.1 Å². The lowest BCUT2D eigenvalue weighted by Gasteiger charge is -2.18. The van der Waals surface area contributed by atoms with Crippen molar-refractivity contribution in [3.8, 4) is 5.75 Å². The van der Waals surface area contributed by atoms with Crippen LogP contribution >= 0.6 is 0 Å². The van der Waals surface area contributed by atoms with Crippen molar-refractivity contribution in [3.63, 3.8) is 0 Å². The summed E-state index contributed by atoms with van der Waals surface area (Å²) in [6.45, 7) is 1.45. The van der Waals surface area contributed by atoms with E-state index in [1.807, 2.05) is 0 Å². The second kappa shape index (κ2) is 11.4. The molecule has 2 atom stereocenters. The van der Waals surface area contributed by atoms with Crippen LogP contribution < -0.4 is 15.4 Å². The van der Waals surface area contributed by atoms with E-state index in [1.165, 1.54) is 13.0 Å². The lowest BCUT2D eigenvalue weighted by Crippen LogP contribution is -2.51. The van der Waals surface area contributed by atoms with E-state index in [-0.39, 0.29) is 6.42 Å². The topological polar surface area (TPSA) is 120 Å². The molecule has 2 unspecified atom stereocenters. The summed E-state index contributed by atoms with van der Waals surface area (Å²) in [5.41, 5.74) is 0.775. The van der Waals surface area contributed by atoms with E-state index in [4.69, 9.17) is 4.74 Å². The Morgan fingerprint density at radius 3 is 2.18 bits per heavy atom. The van der Waals surface area contributed by atoms with Gasteiger partial charge in [-0.2, -0.15) is 0 Å². The van der Waals surface area contributed by atoms with Gasteiger partial charge in [-0.05, 0) is 30.7 Å². The van der Waals surface area contributed by atoms with Crippen LogP contribution in [0.3, 0.4) is 0 Å². The molecule has 0 aromatic heterocycles. The third kappa shape index (κ3) is 7.48. The average molecular weight is 392 g/mol. The van der Waals surface area contributed by atoms with E-state index < -0.39 is 35.8 Å². The Hall–Kier alpha value is -3.36. The zero-order valence-corrected chi connectivity index (χ0v) is 16.2. The third-order valence-electron chi connectivity index (χ3n) is 3.70. The van der Waals surface area contributed by atoms with Crippen molar-refractivity contribution >= 4 is 29.8 Å². The van der Waals surface area contributed by atoms with Crippen molar-refractivity contribution in [3.05, 3.63) is 35.9 Å². The van der Waals surface area contributed by atoms with Gasteiger partial charge in [-0.15, -0.1) is 0 Å². The molecule has 0 spiro atoms. The Labute approximate surface area is 163 Å². The van der Waals surface area contributed by atoms with Crippen LogP contribution in [0.5, 0.6) is 5.75 Å². The zero-order chi connectivity index (χ0) is 21.1. The number of hydrogen-bond donors (Lipinski definition) is 2. The van der Waals surface area contributed by atoms with Crippen LogP contribution in [0.2, 0.25) is 0 Å². The third-order valence-corrected chi connectivity index (χ3v) is 3.70. The van der Waals surface area contributed by atoms with Crippen molar-refractivity contribution in [2.75, 3.05) is 21.3 Å². The van der Waals surface area contributed by atoms with Crippen LogP contribution in [0.4, 0.5) is 0 Å². The molecule has 0 radical (unpaired) electrons. The first-order valence-electron chi connectivity index (χ1n) is 8.38. The molecule has 0 saturated carbocycles. The van der Waals surface area contributed by atoms with Gasteiger partial charge in [0, 0.05) is 6.08 Å². The van der Waals surface area contributed by atoms with Gasteiger partial charge < -0.3 is 24.8 Å². The Morgan fingerprint density at radius 1 is 1.00 bits per heavy atom. The molecular formula is C19H24N2O7. The molecule has 1 rings (SSSR count). The van der Waals surface area contributed by atoms with Gasteiger partial charge in [0.2, 0.25) is 11.8 Å². The second-order valence-electron chi connectivity index (χ2n) is 5.70. The van der Waals surface area contributed by atoms with Gasteiger partial charge in [0.15, 0.2) is 0 Å². The van der Waals surface area contributed by atoms with E-state index in [9.17, 15) is 19.2 Å². The maximum Gasteiger partial charge on any atom is 0.328 e. The highest BCUT2D eigenvalue weighted by molar-refractivity contribution is 5.96. The van der Waals surface area contributed by atoms with Crippen LogP contribution in [-0.2, 0) is 28.7 Å². The van der Waals surface area contributed by atoms with Crippen LogP contribution in [0.15, 0.2) is 30.3 Å². The molecule has 1 aromatic carbocycles. The lowest BCUT2D eigenvalue weighted by molar-refractivity contribution is -0.150. The number of ether oxygens (including phenoxy) is 3. The predicted octanol–water partition coefficient (Wildman–Crippen LogP) is 0.434. The second-order valence-corrected chi connectivity index (χ2v) is 5.70. The number of rotatable bonds is 9. The predicted molar refractivity (Wildman–Crippen MR) is 100 cm³/mol. The highest BCUT2D eigenvalue weighted by atomic mass is 16.5. The Bertz CT molecular complexity index is 728. The molecule has 0 bridgehead atoms. The summed E-state index contributed by atoms with van der Waals surface area (Å²) >= 11 is 0. The quantitative estimate of drug-likeness (QED) is 0.462. The first kappa shape index (κ1) is 22.7. The van der Waals surface area contributed by atoms with E-state index in [0.29, 0.717) is 5.75 Å². The first-order chi connectivity index (χ1) is 13.3. The number of carbonyl (C=O) groups excluding carboxylic acids is 4. The van der Waals surface area contributed by atoms with E-state index in [0.717, 1.165) is 19.8 Å². The SMILES string of the molecule is COC(=O)CC(NC(=O)C(C)NC(=O)C=Cc1ccc(OC)cc1)C(=O)OC. The highest BCUT2D eigenvalue weighted by Crippen LogP contribution is 2.12. The smallest absolute Gasteiger partial charge is 0.328 e. The highest BCUT2D eigenvalue weighted by Gasteiger charge is 2.27. The Morgan fingerprint density at radius 2 is 1.64 bits per heavy atom. The largest absolute Gasteiger partial charge is 0.497 e. The number of esters is 2. The molecule has 28 heavy (non-hydrogen) atoms. The molecule has 152 valence electrons. The van der Waals surface area contributed by atoms with Gasteiger partial charge in [0.25, 0.3) is 0 Å². The summed E-state index contributed by atoms with van der Waals surface area (Å²) in [6.07, 6.45) is 2.47. The normalized spacial score (nSPS) is 12.6. The van der Waals surface area contributed by atoms with Crippen molar-refractivity contribution < 1.29 is 33.4 Å². The fourth-order valence-electron chi connectivity index (χ4n) is 2.10. The van der Waals surface area contributed by atoms with E-state index in [2.05, 4.69) is 20.1 Å². The molecule has 0 saturated heterocycles. The maximum absolute atomic E-state index is 12.2. The van der Waals surface area contributed by atoms with Crippen molar-refractivity contribution in [2.45, 2.75) is 25.4 Å². The van der Waals surface area contributed by atoms with Crippen LogP contribution in [0.1, 0.15) is 18.9 Å². The van der Waals surface area contributed by atoms with Gasteiger partial charge in [0.1, 0.15) is 17.8 Å². The maximum atomic E-state index is 12.2. The minimum Gasteiger partial charge on any atom is -0.497 e. The average Bonchev–Trinajstić information content (AvgIpc) is 2.71. The molecule has 0 aliphatic heterocycles. The van der Waals surface area contributed by atoms with Crippen LogP contribution in [-0.4, -0.2) is 57.2 Å². The summed E-state index contributed by atoms with van der Waals surface area (Å²) in [6, 6.07) is 4.89. The molecule has 0 aliphatic carbocycles. The van der Waals surface area contributed by atoms with Gasteiger partial charge in [-0.3, -0.25) is 14.4 Å². The van der Waals surface area contributed by atoms with E-state index in [1.54, 1.807) is 37.5 Å². The zero-order valence-electron chi connectivity index (χ0n) is 16.2. The van der Waals surface area contributed by atoms with Crippen LogP contribution in [0, 0.1) is 0 Å². The molecule has 0 heterocycles. The number of methoxy groups -OCH3 is 3. The number of carbonyl (C=O) groups is 4. The Kier molecular flexibility index (Phi) is 9.21. The Balaban J connectivity index is 2.62. The monoisotopic (exact) mass is 392 g/mol. The number of hydrogen-bond acceptors (Lipinski definition) is 7. The fraction of sp³-hybridized carbons (Fsp3) is 0.368. The number of nitrogens with one attached hydrogen (secondary N) is 2. The van der Waals surface area contributed by atoms with Crippen molar-refractivity contribution in [1.82, 2.24) is 10.6 Å². The number of amides is 2. The summed E-state index contributed by atoms with van der Waals surface area (Å²) < 4.78 is 14.1. The standard InChI is InChI=1S/C19H24N2O7/c1-12(18(24)21-15(19(25)28-4)11-17(23)27-3)20-16(22)10-7-13-5-8-14(26-2)9-6-13/h5-10,12,15H,11H2,1-4H3,(H,20,22)(H,21,24). The van der Waals surface area contributed by atoms with Gasteiger partial charge in [0.05, 0.1) is 27.8 Å². The van der Waals surface area contributed by atoms with Gasteiger partial charge >= 0.3 is 11.9 Å². The van der Waals surface area contributed by atoms with Crippen molar-refractivity contribution in [2.24, 2.45) is 0 Å². The molecule has 1 aromatic rings. The van der Waals surface area contributed by atoms with Crippen LogP contribution in [0.25, 0.3) is 6.08 Å². The molecule has 0 fully saturated rings. The van der Waals surface area contributed by atoms with E-state index >= 15 is 0 Å². The number of benzene rings is 1. The van der Waals surface area contributed by atoms with Gasteiger partial charge in [-0.25, -0.2) is 4.79 Å². The summed E-state index contributed by atoms with van der Waals surface area (Å²) in [4.78, 5) is 47.2. The molecule has 0 aliphatic rings. The summed E-state index contributed by atoms with van der Waals surface area (Å²) in [7, 11) is 3.85. The molecule has 9 nitrogen and oxygen atoms in total. The minimum absolute atomic E-state index is 0.382. The lowest BCUT2D eigenvalue weighted by atomic mass is 10.2.